The first-order chi connectivity index (χ1) is 9.75. The maximum atomic E-state index is 11.1. The smallest absolute Gasteiger partial charge is 0.311 e. The third-order valence-electron chi connectivity index (χ3n) is 4.47. The Morgan fingerprint density at radius 3 is 2.80 bits per heavy atom. The summed E-state index contributed by atoms with van der Waals surface area (Å²) >= 11 is 0. The molecule has 2 aliphatic rings. The van der Waals surface area contributed by atoms with E-state index in [4.69, 9.17) is 0 Å². The van der Waals surface area contributed by atoms with Gasteiger partial charge in [-0.1, -0.05) is 0 Å². The molecular weight excluding hydrogens is 256 g/mol. The number of aromatic nitrogens is 1. The molecule has 2 aliphatic heterocycles. The minimum atomic E-state index is -0.340. The van der Waals surface area contributed by atoms with Crippen LogP contribution in [0.15, 0.2) is 18.3 Å². The molecule has 0 bridgehead atoms. The molecule has 0 saturated carbocycles. The summed E-state index contributed by atoms with van der Waals surface area (Å²) in [5, 5.41) is 14.6. The van der Waals surface area contributed by atoms with Crippen LogP contribution in [0.1, 0.15) is 25.7 Å². The molecule has 0 spiro atoms. The number of nitro groups is 1. The number of nitrogens with one attached hydrogen (secondary N) is 1. The van der Waals surface area contributed by atoms with Gasteiger partial charge in [0.05, 0.1) is 4.92 Å². The standard InChI is InChI=1S/C14H20N4O2/c19-18(20)13-4-2-8-16-14(13)17-9-5-11(6-10-17)12-3-1-7-15-12/h2,4,8,11-12,15H,1,3,5-7,9-10H2. The zero-order chi connectivity index (χ0) is 13.9. The molecule has 1 atom stereocenters. The van der Waals surface area contributed by atoms with Crippen molar-refractivity contribution < 1.29 is 4.92 Å². The van der Waals surface area contributed by atoms with Crippen molar-refractivity contribution in [1.82, 2.24) is 10.3 Å². The second-order valence-corrected chi connectivity index (χ2v) is 5.63. The molecule has 1 aromatic heterocycles. The highest BCUT2D eigenvalue weighted by Gasteiger charge is 2.30. The summed E-state index contributed by atoms with van der Waals surface area (Å²) < 4.78 is 0. The van der Waals surface area contributed by atoms with Crippen molar-refractivity contribution in [2.75, 3.05) is 24.5 Å². The van der Waals surface area contributed by atoms with Gasteiger partial charge in [-0.25, -0.2) is 4.98 Å². The lowest BCUT2D eigenvalue weighted by molar-refractivity contribution is -0.384. The Kier molecular flexibility index (Phi) is 3.82. The van der Waals surface area contributed by atoms with E-state index in [0.717, 1.165) is 32.5 Å². The van der Waals surface area contributed by atoms with Gasteiger partial charge in [-0.3, -0.25) is 10.1 Å². The summed E-state index contributed by atoms with van der Waals surface area (Å²) in [4.78, 5) is 17.0. The van der Waals surface area contributed by atoms with Crippen LogP contribution in [0, 0.1) is 16.0 Å². The second kappa shape index (κ2) is 5.75. The van der Waals surface area contributed by atoms with Crippen molar-refractivity contribution in [3.8, 4) is 0 Å². The van der Waals surface area contributed by atoms with Crippen LogP contribution < -0.4 is 10.2 Å². The SMILES string of the molecule is O=[N+]([O-])c1cccnc1N1CCC(C2CCCN2)CC1. The number of pyridine rings is 1. The van der Waals surface area contributed by atoms with Crippen LogP contribution in [0.3, 0.4) is 0 Å². The van der Waals surface area contributed by atoms with E-state index in [1.807, 2.05) is 0 Å². The fraction of sp³-hybridized carbons (Fsp3) is 0.643. The van der Waals surface area contributed by atoms with Crippen molar-refractivity contribution >= 4 is 11.5 Å². The zero-order valence-corrected chi connectivity index (χ0v) is 11.5. The van der Waals surface area contributed by atoms with Gasteiger partial charge in [-0.15, -0.1) is 0 Å². The van der Waals surface area contributed by atoms with Crippen molar-refractivity contribution in [2.24, 2.45) is 5.92 Å². The number of piperidine rings is 1. The van der Waals surface area contributed by atoms with Crippen LogP contribution in [-0.4, -0.2) is 35.6 Å². The second-order valence-electron chi connectivity index (χ2n) is 5.63. The quantitative estimate of drug-likeness (QED) is 0.675. The van der Waals surface area contributed by atoms with Crippen molar-refractivity contribution in [3.63, 3.8) is 0 Å². The lowest BCUT2D eigenvalue weighted by Crippen LogP contribution is -2.41. The largest absolute Gasteiger partial charge is 0.351 e. The Bertz CT molecular complexity index is 480. The predicted molar refractivity (Wildman–Crippen MR) is 76.9 cm³/mol. The normalized spacial score (nSPS) is 24.0. The van der Waals surface area contributed by atoms with Crippen molar-refractivity contribution in [2.45, 2.75) is 31.7 Å². The third-order valence-corrected chi connectivity index (χ3v) is 4.47. The maximum Gasteiger partial charge on any atom is 0.311 e. The zero-order valence-electron chi connectivity index (χ0n) is 11.5. The first kappa shape index (κ1) is 13.3. The van der Waals surface area contributed by atoms with Crippen LogP contribution >= 0.6 is 0 Å². The molecule has 0 radical (unpaired) electrons. The van der Waals surface area contributed by atoms with Crippen LogP contribution in [0.25, 0.3) is 0 Å². The highest BCUT2D eigenvalue weighted by atomic mass is 16.6. The van der Waals surface area contributed by atoms with E-state index in [-0.39, 0.29) is 10.6 Å². The Morgan fingerprint density at radius 2 is 2.15 bits per heavy atom. The maximum absolute atomic E-state index is 11.1. The Hall–Kier alpha value is -1.69. The van der Waals surface area contributed by atoms with Crippen LogP contribution in [0.2, 0.25) is 0 Å². The lowest BCUT2D eigenvalue weighted by Gasteiger charge is -2.35. The molecule has 3 rings (SSSR count). The fourth-order valence-corrected chi connectivity index (χ4v) is 3.40. The van der Waals surface area contributed by atoms with E-state index in [9.17, 15) is 10.1 Å². The molecular formula is C14H20N4O2. The summed E-state index contributed by atoms with van der Waals surface area (Å²) in [6.45, 7) is 2.86. The van der Waals surface area contributed by atoms with Gasteiger partial charge in [-0.2, -0.15) is 0 Å². The molecule has 2 fully saturated rings. The van der Waals surface area contributed by atoms with E-state index >= 15 is 0 Å². The van der Waals surface area contributed by atoms with E-state index in [0.29, 0.717) is 17.8 Å². The summed E-state index contributed by atoms with van der Waals surface area (Å²) in [5.74, 6) is 1.23. The van der Waals surface area contributed by atoms with Gasteiger partial charge in [0.15, 0.2) is 0 Å². The highest BCUT2D eigenvalue weighted by Crippen LogP contribution is 2.31. The van der Waals surface area contributed by atoms with Gasteiger partial charge < -0.3 is 10.2 Å². The average Bonchev–Trinajstić information content (AvgIpc) is 3.02. The number of hydrogen-bond donors (Lipinski definition) is 1. The lowest BCUT2D eigenvalue weighted by atomic mass is 9.88. The highest BCUT2D eigenvalue weighted by molar-refractivity contribution is 5.57. The van der Waals surface area contributed by atoms with Crippen molar-refractivity contribution in [3.05, 3.63) is 28.4 Å². The molecule has 6 heteroatoms. The summed E-state index contributed by atoms with van der Waals surface area (Å²) in [6.07, 6.45) is 6.36. The first-order valence-corrected chi connectivity index (χ1v) is 7.33. The van der Waals surface area contributed by atoms with Crippen LogP contribution in [0.5, 0.6) is 0 Å². The topological polar surface area (TPSA) is 71.3 Å². The Labute approximate surface area is 118 Å². The Morgan fingerprint density at radius 1 is 1.35 bits per heavy atom. The fourth-order valence-electron chi connectivity index (χ4n) is 3.40. The molecule has 0 amide bonds. The molecule has 1 N–H and O–H groups in total. The molecule has 1 unspecified atom stereocenters. The molecule has 6 nitrogen and oxygen atoms in total. The van der Waals surface area contributed by atoms with Crippen LogP contribution in [0.4, 0.5) is 11.5 Å². The van der Waals surface area contributed by atoms with Gasteiger partial charge >= 0.3 is 5.69 Å². The molecule has 0 aromatic carbocycles. The minimum absolute atomic E-state index is 0.116. The Balaban J connectivity index is 1.67. The summed E-state index contributed by atoms with van der Waals surface area (Å²) in [7, 11) is 0. The van der Waals surface area contributed by atoms with Gasteiger partial charge in [0.25, 0.3) is 0 Å². The van der Waals surface area contributed by atoms with Crippen LogP contribution in [-0.2, 0) is 0 Å². The number of hydrogen-bond acceptors (Lipinski definition) is 5. The van der Waals surface area contributed by atoms with E-state index in [1.54, 1.807) is 12.3 Å². The number of anilines is 1. The first-order valence-electron chi connectivity index (χ1n) is 7.33. The van der Waals surface area contributed by atoms with Gasteiger partial charge in [-0.05, 0) is 44.2 Å². The minimum Gasteiger partial charge on any atom is -0.351 e. The van der Waals surface area contributed by atoms with Crippen molar-refractivity contribution in [1.29, 1.82) is 0 Å². The number of nitrogens with zero attached hydrogens (tertiary/aromatic N) is 3. The van der Waals surface area contributed by atoms with Gasteiger partial charge in [0, 0.05) is 31.4 Å². The van der Waals surface area contributed by atoms with Gasteiger partial charge in [0.2, 0.25) is 5.82 Å². The van der Waals surface area contributed by atoms with Gasteiger partial charge in [0.1, 0.15) is 0 Å². The molecule has 108 valence electrons. The molecule has 3 heterocycles. The molecule has 1 aromatic rings. The third kappa shape index (κ3) is 2.60. The molecule has 0 aliphatic carbocycles. The monoisotopic (exact) mass is 276 g/mol. The summed E-state index contributed by atoms with van der Waals surface area (Å²) in [6, 6.07) is 3.81. The van der Waals surface area contributed by atoms with E-state index < -0.39 is 0 Å². The number of rotatable bonds is 3. The summed E-state index contributed by atoms with van der Waals surface area (Å²) in [5.41, 5.74) is 0.116. The van der Waals surface area contributed by atoms with E-state index in [1.165, 1.54) is 18.9 Å². The van der Waals surface area contributed by atoms with E-state index in [2.05, 4.69) is 15.2 Å². The predicted octanol–water partition coefficient (Wildman–Crippen LogP) is 1.96. The molecule has 20 heavy (non-hydrogen) atoms. The average molecular weight is 276 g/mol. The molecule has 2 saturated heterocycles.